The second-order valence-electron chi connectivity index (χ2n) is 4.62. The van der Waals surface area contributed by atoms with Crippen molar-refractivity contribution in [1.29, 1.82) is 0 Å². The molecule has 0 aliphatic heterocycles. The normalized spacial score (nSPS) is 12.7. The molecule has 0 aliphatic rings. The minimum Gasteiger partial charge on any atom is -0.313 e. The minimum absolute atomic E-state index is 0.0318. The Balaban J connectivity index is 2.26. The summed E-state index contributed by atoms with van der Waals surface area (Å²) in [5, 5.41) is 7.95. The summed E-state index contributed by atoms with van der Waals surface area (Å²) in [6.07, 6.45) is 2.52. The second kappa shape index (κ2) is 5.72. The Bertz CT molecular complexity index is 580. The molecule has 19 heavy (non-hydrogen) atoms. The maximum absolute atomic E-state index is 13.8. The summed E-state index contributed by atoms with van der Waals surface area (Å²) in [5.74, 6) is -0.269. The lowest BCUT2D eigenvalue weighted by atomic mass is 9.99. The van der Waals surface area contributed by atoms with Crippen LogP contribution < -0.4 is 5.32 Å². The van der Waals surface area contributed by atoms with Crippen LogP contribution in [0.1, 0.15) is 22.9 Å². The topological polar surface area (TPSA) is 29.9 Å². The van der Waals surface area contributed by atoms with Crippen molar-refractivity contribution in [3.63, 3.8) is 0 Å². The Hall–Kier alpha value is -1.39. The van der Waals surface area contributed by atoms with E-state index in [1.807, 2.05) is 27.2 Å². The molecule has 1 atom stereocenters. The molecule has 0 saturated carbocycles. The molecule has 0 radical (unpaired) electrons. The van der Waals surface area contributed by atoms with Gasteiger partial charge in [0.15, 0.2) is 0 Å². The van der Waals surface area contributed by atoms with Crippen LogP contribution >= 0.6 is 11.6 Å². The van der Waals surface area contributed by atoms with E-state index in [9.17, 15) is 4.39 Å². The Morgan fingerprint density at radius 1 is 1.47 bits per heavy atom. The third kappa shape index (κ3) is 3.14. The molecule has 3 nitrogen and oxygen atoms in total. The van der Waals surface area contributed by atoms with Gasteiger partial charge in [-0.25, -0.2) is 4.39 Å². The number of hydrogen-bond donors (Lipinski definition) is 1. The Morgan fingerprint density at radius 2 is 2.21 bits per heavy atom. The van der Waals surface area contributed by atoms with Crippen molar-refractivity contribution >= 4 is 11.6 Å². The van der Waals surface area contributed by atoms with E-state index in [0.29, 0.717) is 17.0 Å². The van der Waals surface area contributed by atoms with Gasteiger partial charge in [0.1, 0.15) is 5.82 Å². The second-order valence-corrected chi connectivity index (χ2v) is 5.06. The standard InChI is InChI=1S/C14H17ClFN3/c1-9-12(8-19(3)18-9)14(17-2)6-10-4-5-11(15)7-13(10)16/h4-5,7-8,14,17H,6H2,1-3H3. The number of halogens is 2. The average molecular weight is 282 g/mol. The van der Waals surface area contributed by atoms with Crippen LogP contribution in [0, 0.1) is 12.7 Å². The molecule has 0 bridgehead atoms. The summed E-state index contributed by atoms with van der Waals surface area (Å²) in [7, 11) is 3.75. The van der Waals surface area contributed by atoms with Crippen molar-refractivity contribution in [2.24, 2.45) is 7.05 Å². The molecular weight excluding hydrogens is 265 g/mol. The van der Waals surface area contributed by atoms with Gasteiger partial charge in [-0.05, 0) is 38.1 Å². The SMILES string of the molecule is CNC(Cc1ccc(Cl)cc1F)c1cn(C)nc1C. The monoisotopic (exact) mass is 281 g/mol. The van der Waals surface area contributed by atoms with E-state index in [1.54, 1.807) is 16.8 Å². The van der Waals surface area contributed by atoms with Gasteiger partial charge in [0.25, 0.3) is 0 Å². The van der Waals surface area contributed by atoms with E-state index in [-0.39, 0.29) is 11.9 Å². The molecule has 0 aliphatic carbocycles. The van der Waals surface area contributed by atoms with E-state index in [1.165, 1.54) is 6.07 Å². The molecule has 5 heteroatoms. The zero-order chi connectivity index (χ0) is 14.0. The fourth-order valence-electron chi connectivity index (χ4n) is 2.23. The number of nitrogens with zero attached hydrogens (tertiary/aromatic N) is 2. The van der Waals surface area contributed by atoms with Gasteiger partial charge in [-0.3, -0.25) is 4.68 Å². The van der Waals surface area contributed by atoms with Crippen molar-refractivity contribution in [3.05, 3.63) is 52.1 Å². The highest BCUT2D eigenvalue weighted by Gasteiger charge is 2.17. The third-order valence-electron chi connectivity index (χ3n) is 3.21. The predicted molar refractivity (Wildman–Crippen MR) is 74.9 cm³/mol. The zero-order valence-corrected chi connectivity index (χ0v) is 12.0. The number of aromatic nitrogens is 2. The first-order valence-electron chi connectivity index (χ1n) is 6.12. The minimum atomic E-state index is -0.269. The maximum atomic E-state index is 13.8. The van der Waals surface area contributed by atoms with Crippen LogP contribution in [0.5, 0.6) is 0 Å². The number of benzene rings is 1. The molecule has 1 unspecified atom stereocenters. The van der Waals surface area contributed by atoms with Crippen molar-refractivity contribution in [3.8, 4) is 0 Å². The molecule has 0 fully saturated rings. The Kier molecular flexibility index (Phi) is 4.22. The molecule has 0 saturated heterocycles. The molecule has 0 spiro atoms. The van der Waals surface area contributed by atoms with E-state index >= 15 is 0 Å². The fourth-order valence-corrected chi connectivity index (χ4v) is 2.39. The molecule has 1 aromatic carbocycles. The number of nitrogens with one attached hydrogen (secondary N) is 1. The maximum Gasteiger partial charge on any atom is 0.127 e. The first kappa shape index (κ1) is 14.0. The smallest absolute Gasteiger partial charge is 0.127 e. The summed E-state index contributed by atoms with van der Waals surface area (Å²) >= 11 is 5.76. The predicted octanol–water partition coefficient (Wildman–Crippen LogP) is 3.02. The largest absolute Gasteiger partial charge is 0.313 e. The molecule has 1 N–H and O–H groups in total. The lowest BCUT2D eigenvalue weighted by Crippen LogP contribution is -2.19. The zero-order valence-electron chi connectivity index (χ0n) is 11.2. The van der Waals surface area contributed by atoms with Gasteiger partial charge in [-0.15, -0.1) is 0 Å². The van der Waals surface area contributed by atoms with E-state index < -0.39 is 0 Å². The van der Waals surface area contributed by atoms with Crippen molar-refractivity contribution in [2.75, 3.05) is 7.05 Å². The van der Waals surface area contributed by atoms with Crippen LogP contribution in [0.4, 0.5) is 4.39 Å². The van der Waals surface area contributed by atoms with Crippen molar-refractivity contribution < 1.29 is 4.39 Å². The van der Waals surface area contributed by atoms with Crippen LogP contribution in [0.3, 0.4) is 0 Å². The van der Waals surface area contributed by atoms with Crippen LogP contribution in [-0.2, 0) is 13.5 Å². The van der Waals surface area contributed by atoms with Gasteiger partial charge in [0, 0.05) is 29.9 Å². The molecule has 0 amide bonds. The summed E-state index contributed by atoms with van der Waals surface area (Å²) < 4.78 is 15.6. The summed E-state index contributed by atoms with van der Waals surface area (Å²) in [6, 6.07) is 4.82. The molecule has 1 heterocycles. The number of aryl methyl sites for hydroxylation is 2. The quantitative estimate of drug-likeness (QED) is 0.934. The summed E-state index contributed by atoms with van der Waals surface area (Å²) in [4.78, 5) is 0. The van der Waals surface area contributed by atoms with E-state index in [0.717, 1.165) is 11.3 Å². The fraction of sp³-hybridized carbons (Fsp3) is 0.357. The highest BCUT2D eigenvalue weighted by Crippen LogP contribution is 2.23. The molecule has 2 aromatic rings. The summed E-state index contributed by atoms with van der Waals surface area (Å²) in [6.45, 7) is 1.96. The van der Waals surface area contributed by atoms with Gasteiger partial charge in [-0.1, -0.05) is 17.7 Å². The number of hydrogen-bond acceptors (Lipinski definition) is 2. The Morgan fingerprint density at radius 3 is 2.74 bits per heavy atom. The lowest BCUT2D eigenvalue weighted by molar-refractivity contribution is 0.552. The highest BCUT2D eigenvalue weighted by molar-refractivity contribution is 6.30. The van der Waals surface area contributed by atoms with Gasteiger partial charge in [0.05, 0.1) is 5.69 Å². The van der Waals surface area contributed by atoms with Crippen LogP contribution in [0.15, 0.2) is 24.4 Å². The highest BCUT2D eigenvalue weighted by atomic mass is 35.5. The molecule has 2 rings (SSSR count). The van der Waals surface area contributed by atoms with E-state index in [4.69, 9.17) is 11.6 Å². The molecule has 102 valence electrons. The van der Waals surface area contributed by atoms with Gasteiger partial charge < -0.3 is 5.32 Å². The number of rotatable bonds is 4. The Labute approximate surface area is 117 Å². The van der Waals surface area contributed by atoms with Gasteiger partial charge in [-0.2, -0.15) is 5.10 Å². The van der Waals surface area contributed by atoms with Crippen molar-refractivity contribution in [2.45, 2.75) is 19.4 Å². The first-order chi connectivity index (χ1) is 9.01. The molecule has 1 aromatic heterocycles. The third-order valence-corrected chi connectivity index (χ3v) is 3.45. The average Bonchev–Trinajstić information content (AvgIpc) is 2.68. The van der Waals surface area contributed by atoms with Crippen LogP contribution in [-0.4, -0.2) is 16.8 Å². The lowest BCUT2D eigenvalue weighted by Gasteiger charge is -2.16. The van der Waals surface area contributed by atoms with Crippen molar-refractivity contribution in [1.82, 2.24) is 15.1 Å². The first-order valence-corrected chi connectivity index (χ1v) is 6.50. The molecular formula is C14H17ClFN3. The van der Waals surface area contributed by atoms with Gasteiger partial charge in [0.2, 0.25) is 0 Å². The van der Waals surface area contributed by atoms with Gasteiger partial charge >= 0.3 is 0 Å². The van der Waals surface area contributed by atoms with Crippen LogP contribution in [0.2, 0.25) is 5.02 Å². The van der Waals surface area contributed by atoms with Crippen LogP contribution in [0.25, 0.3) is 0 Å². The summed E-state index contributed by atoms with van der Waals surface area (Å²) in [5.41, 5.74) is 2.68. The van der Waals surface area contributed by atoms with E-state index in [2.05, 4.69) is 10.4 Å². The number of likely N-dealkylation sites (N-methyl/N-ethyl adjacent to an activating group) is 1.